The van der Waals surface area contributed by atoms with Gasteiger partial charge in [0.2, 0.25) is 0 Å². The highest BCUT2D eigenvalue weighted by Gasteiger charge is 2.38. The van der Waals surface area contributed by atoms with Crippen LogP contribution in [0.25, 0.3) is 10.8 Å². The fraction of sp³-hybridized carbons (Fsp3) is 0.105. The smallest absolute Gasteiger partial charge is 0.475 e. The summed E-state index contributed by atoms with van der Waals surface area (Å²) in [7, 11) is 0. The van der Waals surface area contributed by atoms with Gasteiger partial charge >= 0.3 is 12.1 Å². The topological polar surface area (TPSA) is 109 Å². The van der Waals surface area contributed by atoms with E-state index in [9.17, 15) is 18.0 Å². The fourth-order valence-corrected chi connectivity index (χ4v) is 2.76. The summed E-state index contributed by atoms with van der Waals surface area (Å²) in [5, 5.41) is 17.9. The lowest BCUT2D eigenvalue weighted by Gasteiger charge is -2.12. The van der Waals surface area contributed by atoms with Gasteiger partial charge in [-0.2, -0.15) is 13.2 Å². The van der Waals surface area contributed by atoms with Crippen molar-refractivity contribution < 1.29 is 27.9 Å². The van der Waals surface area contributed by atoms with Crippen molar-refractivity contribution in [3.63, 3.8) is 0 Å². The Labute approximate surface area is 167 Å². The molecule has 0 atom stereocenters. The molecule has 0 aliphatic carbocycles. The molecule has 1 heterocycles. The van der Waals surface area contributed by atoms with Crippen LogP contribution in [-0.2, 0) is 11.3 Å². The summed E-state index contributed by atoms with van der Waals surface area (Å²) in [6, 6.07) is 15.5. The number of rotatable bonds is 3. The second kappa shape index (κ2) is 8.78. The van der Waals surface area contributed by atoms with Gasteiger partial charge in [0.15, 0.2) is 0 Å². The van der Waals surface area contributed by atoms with Gasteiger partial charge in [-0.1, -0.05) is 54.1 Å². The minimum atomic E-state index is -5.08. The van der Waals surface area contributed by atoms with Crippen molar-refractivity contribution in [2.24, 2.45) is 5.73 Å². The molecule has 0 radical (unpaired) electrons. The Morgan fingerprint density at radius 2 is 1.72 bits per heavy atom. The van der Waals surface area contributed by atoms with E-state index in [-0.39, 0.29) is 11.1 Å². The molecule has 10 heteroatoms. The van der Waals surface area contributed by atoms with Crippen molar-refractivity contribution >= 4 is 34.2 Å². The molecule has 0 saturated carbocycles. The van der Waals surface area contributed by atoms with Gasteiger partial charge in [0.05, 0.1) is 10.6 Å². The first-order chi connectivity index (χ1) is 13.5. The number of carbonyl (C=O) groups is 2. The van der Waals surface area contributed by atoms with E-state index in [2.05, 4.69) is 0 Å². The maximum absolute atomic E-state index is 11.4. The number of nitrogens with two attached hydrogens (primary N) is 1. The standard InChI is InChI=1S/C17H14ClN3O.C2HF3O2/c18-13-8-15(17(20)22)16(19)21(10-13)9-12-6-3-5-11-4-1-2-7-14(11)12;3-2(4,5)1(6)7/h1-8,10,19H,9H2,(H2,20,22);(H,6,7). The van der Waals surface area contributed by atoms with Crippen molar-refractivity contribution in [1.29, 1.82) is 5.41 Å². The monoisotopic (exact) mass is 425 g/mol. The summed E-state index contributed by atoms with van der Waals surface area (Å²) in [5.74, 6) is -3.41. The Balaban J connectivity index is 0.000000370. The van der Waals surface area contributed by atoms with Crippen LogP contribution in [0.2, 0.25) is 5.02 Å². The van der Waals surface area contributed by atoms with Crippen LogP contribution in [0.3, 0.4) is 0 Å². The Hall–Kier alpha value is -3.33. The van der Waals surface area contributed by atoms with Crippen LogP contribution >= 0.6 is 11.6 Å². The number of aromatic nitrogens is 1. The molecule has 3 rings (SSSR count). The van der Waals surface area contributed by atoms with Gasteiger partial charge in [-0.05, 0) is 22.4 Å². The van der Waals surface area contributed by atoms with E-state index in [1.807, 2.05) is 42.5 Å². The van der Waals surface area contributed by atoms with Crippen LogP contribution in [0.15, 0.2) is 54.7 Å². The first-order valence-electron chi connectivity index (χ1n) is 8.02. The predicted molar refractivity (Wildman–Crippen MR) is 101 cm³/mol. The molecule has 0 spiro atoms. The minimum absolute atomic E-state index is 0.0600. The molecule has 0 aliphatic heterocycles. The van der Waals surface area contributed by atoms with Gasteiger partial charge < -0.3 is 15.4 Å². The third kappa shape index (κ3) is 5.58. The SMILES string of the molecule is N=c1c(C(N)=O)cc(Cl)cn1Cc1cccc2ccccc12.O=C(O)C(F)(F)F. The van der Waals surface area contributed by atoms with Gasteiger partial charge in [-0.3, -0.25) is 10.2 Å². The van der Waals surface area contributed by atoms with Gasteiger partial charge in [-0.15, -0.1) is 0 Å². The summed E-state index contributed by atoms with van der Waals surface area (Å²) in [5.41, 5.74) is 6.53. The first kappa shape index (κ1) is 22.0. The number of carbonyl (C=O) groups excluding carboxylic acids is 1. The van der Waals surface area contributed by atoms with Crippen LogP contribution in [0.1, 0.15) is 15.9 Å². The highest BCUT2D eigenvalue weighted by Crippen LogP contribution is 2.19. The molecule has 1 aromatic heterocycles. The molecular weight excluding hydrogens is 411 g/mol. The number of amides is 1. The summed E-state index contributed by atoms with van der Waals surface area (Å²) < 4.78 is 33.4. The van der Waals surface area contributed by atoms with E-state index in [1.165, 1.54) is 6.07 Å². The molecule has 0 fully saturated rings. The van der Waals surface area contributed by atoms with Crippen LogP contribution in [0.5, 0.6) is 0 Å². The third-order valence-electron chi connectivity index (χ3n) is 3.83. The molecule has 0 unspecified atom stereocenters. The van der Waals surface area contributed by atoms with Crippen molar-refractivity contribution in [3.8, 4) is 0 Å². The molecule has 6 nitrogen and oxygen atoms in total. The quantitative estimate of drug-likeness (QED) is 0.596. The molecule has 1 amide bonds. The van der Waals surface area contributed by atoms with E-state index in [0.717, 1.165) is 16.3 Å². The summed E-state index contributed by atoms with van der Waals surface area (Å²) in [6.45, 7) is 0.445. The highest BCUT2D eigenvalue weighted by molar-refractivity contribution is 6.30. The number of benzene rings is 2. The summed E-state index contributed by atoms with van der Waals surface area (Å²) in [4.78, 5) is 20.3. The number of pyridine rings is 1. The number of hydrogen-bond donors (Lipinski definition) is 3. The molecule has 0 aliphatic rings. The van der Waals surface area contributed by atoms with Gasteiger partial charge in [-0.25, -0.2) is 4.79 Å². The molecule has 3 aromatic rings. The van der Waals surface area contributed by atoms with Crippen LogP contribution in [0, 0.1) is 5.41 Å². The van der Waals surface area contributed by atoms with Crippen LogP contribution < -0.4 is 11.2 Å². The van der Waals surface area contributed by atoms with E-state index in [1.54, 1.807) is 10.8 Å². The second-order valence-electron chi connectivity index (χ2n) is 5.85. The van der Waals surface area contributed by atoms with E-state index >= 15 is 0 Å². The molecule has 152 valence electrons. The number of nitrogens with one attached hydrogen (secondary N) is 1. The average Bonchev–Trinajstić information content (AvgIpc) is 2.64. The molecule has 0 saturated heterocycles. The molecular formula is C19H15ClF3N3O3. The Bertz CT molecular complexity index is 1120. The number of aliphatic carboxylic acids is 1. The normalized spacial score (nSPS) is 10.9. The fourth-order valence-electron chi connectivity index (χ4n) is 2.54. The predicted octanol–water partition coefficient (Wildman–Crippen LogP) is 3.55. The summed E-state index contributed by atoms with van der Waals surface area (Å²) in [6.07, 6.45) is -3.45. The number of nitrogens with zero attached hydrogens (tertiary/aromatic N) is 1. The average molecular weight is 426 g/mol. The molecule has 4 N–H and O–H groups in total. The lowest BCUT2D eigenvalue weighted by atomic mass is 10.0. The number of hydrogen-bond acceptors (Lipinski definition) is 3. The van der Waals surface area contributed by atoms with Crippen LogP contribution in [0.4, 0.5) is 13.2 Å². The van der Waals surface area contributed by atoms with Crippen molar-refractivity contribution in [3.05, 3.63) is 76.4 Å². The van der Waals surface area contributed by atoms with Gasteiger partial charge in [0, 0.05) is 12.7 Å². The number of carboxylic acid groups (broad SMARTS) is 1. The maximum atomic E-state index is 11.4. The Kier molecular flexibility index (Phi) is 6.65. The van der Waals surface area contributed by atoms with Crippen molar-refractivity contribution in [2.45, 2.75) is 12.7 Å². The van der Waals surface area contributed by atoms with E-state index < -0.39 is 18.1 Å². The Morgan fingerprint density at radius 3 is 2.31 bits per heavy atom. The van der Waals surface area contributed by atoms with Crippen molar-refractivity contribution in [1.82, 2.24) is 4.57 Å². The zero-order valence-corrected chi connectivity index (χ0v) is 15.5. The minimum Gasteiger partial charge on any atom is -0.475 e. The molecule has 2 aromatic carbocycles. The van der Waals surface area contributed by atoms with Gasteiger partial charge in [0.25, 0.3) is 5.91 Å². The zero-order valence-electron chi connectivity index (χ0n) is 14.7. The molecule has 29 heavy (non-hydrogen) atoms. The molecule has 0 bridgehead atoms. The lowest BCUT2D eigenvalue weighted by molar-refractivity contribution is -0.192. The third-order valence-corrected chi connectivity index (χ3v) is 4.04. The number of fused-ring (bicyclic) bond motifs is 1. The van der Waals surface area contributed by atoms with E-state index in [0.29, 0.717) is 11.6 Å². The van der Waals surface area contributed by atoms with E-state index in [4.69, 9.17) is 32.6 Å². The number of carboxylic acids is 1. The Morgan fingerprint density at radius 1 is 1.14 bits per heavy atom. The summed E-state index contributed by atoms with van der Waals surface area (Å²) >= 11 is 6.04. The highest BCUT2D eigenvalue weighted by atomic mass is 35.5. The number of alkyl halides is 3. The number of primary amides is 1. The lowest BCUT2D eigenvalue weighted by Crippen LogP contribution is -2.29. The number of halogens is 4. The maximum Gasteiger partial charge on any atom is 0.490 e. The van der Waals surface area contributed by atoms with Gasteiger partial charge in [0.1, 0.15) is 5.49 Å². The second-order valence-corrected chi connectivity index (χ2v) is 6.29. The van der Waals surface area contributed by atoms with Crippen LogP contribution in [-0.4, -0.2) is 27.7 Å². The zero-order chi connectivity index (χ0) is 21.8. The first-order valence-corrected chi connectivity index (χ1v) is 8.39. The largest absolute Gasteiger partial charge is 0.490 e. The van der Waals surface area contributed by atoms with Crippen molar-refractivity contribution in [2.75, 3.05) is 0 Å².